The van der Waals surface area contributed by atoms with Crippen LogP contribution in [0.25, 0.3) is 0 Å². The Morgan fingerprint density at radius 2 is 1.64 bits per heavy atom. The maximum absolute atomic E-state index is 12.8. The first-order valence-electron chi connectivity index (χ1n) is 6.01. The Labute approximate surface area is 124 Å². The van der Waals surface area contributed by atoms with Crippen molar-refractivity contribution < 1.29 is 36.9 Å². The van der Waals surface area contributed by atoms with Gasteiger partial charge in [-0.05, 0) is 6.92 Å². The lowest BCUT2D eigenvalue weighted by Gasteiger charge is -2.23. The Bertz CT molecular complexity index is 502. The van der Waals surface area contributed by atoms with Gasteiger partial charge in [0.15, 0.2) is 0 Å². The molecule has 7 nitrogen and oxygen atoms in total. The van der Waals surface area contributed by atoms with Crippen molar-refractivity contribution in [3.05, 3.63) is 6.07 Å². The van der Waals surface area contributed by atoms with Gasteiger partial charge in [0.1, 0.15) is 5.92 Å². The lowest BCUT2D eigenvalue weighted by molar-refractivity contribution is -0.201. The number of methoxy groups -OCH3 is 3. The molecule has 0 N–H and O–H groups in total. The van der Waals surface area contributed by atoms with Crippen LogP contribution in [0, 0.1) is 5.92 Å². The van der Waals surface area contributed by atoms with Crippen LogP contribution in [0.15, 0.2) is 6.07 Å². The summed E-state index contributed by atoms with van der Waals surface area (Å²) in [5, 5.41) is 0. The number of nitrogens with zero attached hydrogens (tertiary/aromatic N) is 2. The maximum atomic E-state index is 12.8. The second kappa shape index (κ2) is 7.14. The van der Waals surface area contributed by atoms with Gasteiger partial charge in [0, 0.05) is 0 Å². The minimum absolute atomic E-state index is 0.00475. The van der Waals surface area contributed by atoms with Crippen LogP contribution in [-0.4, -0.2) is 49.5 Å². The predicted molar refractivity (Wildman–Crippen MR) is 66.8 cm³/mol. The molecule has 0 saturated carbocycles. The van der Waals surface area contributed by atoms with E-state index in [0.29, 0.717) is 0 Å². The quantitative estimate of drug-likeness (QED) is 0.736. The Kier molecular flexibility index (Phi) is 5.77. The van der Waals surface area contributed by atoms with Crippen molar-refractivity contribution in [3.8, 4) is 17.8 Å². The molecule has 1 heterocycles. The summed E-state index contributed by atoms with van der Waals surface area (Å²) >= 11 is 0. The molecular formula is C12H15F3N2O5. The van der Waals surface area contributed by atoms with Gasteiger partial charge < -0.3 is 18.9 Å². The topological polar surface area (TPSA) is 79.8 Å². The Morgan fingerprint density at radius 1 is 1.14 bits per heavy atom. The fraction of sp³-hybridized carbons (Fsp3) is 0.583. The van der Waals surface area contributed by atoms with Crippen LogP contribution in [0.5, 0.6) is 17.8 Å². The van der Waals surface area contributed by atoms with Crippen LogP contribution < -0.4 is 14.2 Å². The summed E-state index contributed by atoms with van der Waals surface area (Å²) in [4.78, 5) is 19.0. The summed E-state index contributed by atoms with van der Waals surface area (Å²) in [5.41, 5.74) is 0. The van der Waals surface area contributed by atoms with Gasteiger partial charge in [0.05, 0.1) is 27.4 Å². The zero-order valence-corrected chi connectivity index (χ0v) is 12.3. The summed E-state index contributed by atoms with van der Waals surface area (Å²) in [6, 6.07) is 0.801. The van der Waals surface area contributed by atoms with Crippen molar-refractivity contribution in [1.82, 2.24) is 9.97 Å². The smallest absolute Gasteiger partial charge is 0.395 e. The molecule has 0 fully saturated rings. The summed E-state index contributed by atoms with van der Waals surface area (Å²) < 4.78 is 57.4. The molecule has 1 aromatic heterocycles. The molecule has 124 valence electrons. The molecule has 0 spiro atoms. The van der Waals surface area contributed by atoms with Crippen molar-refractivity contribution >= 4 is 5.97 Å². The average Bonchev–Trinajstić information content (AvgIpc) is 2.49. The first-order valence-corrected chi connectivity index (χ1v) is 6.01. The van der Waals surface area contributed by atoms with Gasteiger partial charge in [-0.2, -0.15) is 23.1 Å². The fourth-order valence-electron chi connectivity index (χ4n) is 1.40. The minimum Gasteiger partial charge on any atom is -0.481 e. The second-order valence-electron chi connectivity index (χ2n) is 4.13. The predicted octanol–water partition coefficient (Wildman–Crippen LogP) is 1.61. The SMILES string of the molecule is COC(=O)C(Oc1nc(OC)cc(OC)n1)C(C)C(F)(F)F. The summed E-state index contributed by atoms with van der Waals surface area (Å²) in [5.74, 6) is -3.31. The van der Waals surface area contributed by atoms with E-state index in [1.807, 2.05) is 0 Å². The van der Waals surface area contributed by atoms with E-state index in [0.717, 1.165) is 14.0 Å². The Hall–Kier alpha value is -2.26. The molecule has 22 heavy (non-hydrogen) atoms. The van der Waals surface area contributed by atoms with Crippen LogP contribution in [-0.2, 0) is 9.53 Å². The third-order valence-electron chi connectivity index (χ3n) is 2.71. The highest BCUT2D eigenvalue weighted by Crippen LogP contribution is 2.31. The number of ether oxygens (including phenoxy) is 4. The molecule has 1 rings (SSSR count). The number of rotatable bonds is 6. The first-order chi connectivity index (χ1) is 10.2. The second-order valence-corrected chi connectivity index (χ2v) is 4.13. The standard InChI is InChI=1S/C12H15F3N2O5/c1-6(12(13,14)15)9(10(18)21-4)22-11-16-7(19-2)5-8(17-11)20-3/h5-6,9H,1-4H3. The molecule has 0 radical (unpaired) electrons. The molecule has 0 aliphatic carbocycles. The van der Waals surface area contributed by atoms with Crippen molar-refractivity contribution in [2.75, 3.05) is 21.3 Å². The number of carbonyl (C=O) groups excluding carboxylic acids is 1. The molecule has 2 atom stereocenters. The van der Waals surface area contributed by atoms with Crippen molar-refractivity contribution in [2.45, 2.75) is 19.2 Å². The van der Waals surface area contributed by atoms with Crippen molar-refractivity contribution in [1.29, 1.82) is 0 Å². The van der Waals surface area contributed by atoms with E-state index in [9.17, 15) is 18.0 Å². The summed E-state index contributed by atoms with van der Waals surface area (Å²) in [7, 11) is 3.54. The Balaban J connectivity index is 3.11. The van der Waals surface area contributed by atoms with Gasteiger partial charge in [0.25, 0.3) is 0 Å². The molecule has 0 amide bonds. The third kappa shape index (κ3) is 4.37. The van der Waals surface area contributed by atoms with Gasteiger partial charge in [-0.3, -0.25) is 0 Å². The molecule has 10 heteroatoms. The van der Waals surface area contributed by atoms with E-state index in [1.165, 1.54) is 20.3 Å². The molecule has 0 saturated heterocycles. The highest BCUT2D eigenvalue weighted by atomic mass is 19.4. The molecule has 1 aromatic rings. The average molecular weight is 324 g/mol. The highest BCUT2D eigenvalue weighted by Gasteiger charge is 2.47. The van der Waals surface area contributed by atoms with Crippen LogP contribution in [0.4, 0.5) is 13.2 Å². The largest absolute Gasteiger partial charge is 0.481 e. The van der Waals surface area contributed by atoms with Gasteiger partial charge in [-0.15, -0.1) is 0 Å². The number of aromatic nitrogens is 2. The van der Waals surface area contributed by atoms with Crippen LogP contribution in [0.1, 0.15) is 6.92 Å². The first kappa shape index (κ1) is 17.8. The number of hydrogen-bond acceptors (Lipinski definition) is 7. The van der Waals surface area contributed by atoms with Crippen molar-refractivity contribution in [2.24, 2.45) is 5.92 Å². The molecular weight excluding hydrogens is 309 g/mol. The number of esters is 1. The zero-order chi connectivity index (χ0) is 16.9. The lowest BCUT2D eigenvalue weighted by Crippen LogP contribution is -2.42. The summed E-state index contributed by atoms with van der Waals surface area (Å²) in [6.45, 7) is 0.791. The minimum atomic E-state index is -4.66. The van der Waals surface area contributed by atoms with Crippen LogP contribution in [0.3, 0.4) is 0 Å². The van der Waals surface area contributed by atoms with Gasteiger partial charge >= 0.3 is 18.2 Å². The van der Waals surface area contributed by atoms with E-state index < -0.39 is 30.2 Å². The van der Waals surface area contributed by atoms with E-state index in [-0.39, 0.29) is 11.8 Å². The van der Waals surface area contributed by atoms with E-state index >= 15 is 0 Å². The molecule has 0 aromatic carbocycles. The zero-order valence-electron chi connectivity index (χ0n) is 12.3. The fourth-order valence-corrected chi connectivity index (χ4v) is 1.40. The van der Waals surface area contributed by atoms with E-state index in [1.54, 1.807) is 0 Å². The monoisotopic (exact) mass is 324 g/mol. The Morgan fingerprint density at radius 3 is 2.00 bits per heavy atom. The number of halogens is 3. The van der Waals surface area contributed by atoms with Crippen molar-refractivity contribution in [3.63, 3.8) is 0 Å². The van der Waals surface area contributed by atoms with Gasteiger partial charge in [-0.1, -0.05) is 0 Å². The van der Waals surface area contributed by atoms with Crippen LogP contribution in [0.2, 0.25) is 0 Å². The summed E-state index contributed by atoms with van der Waals surface area (Å²) in [6.07, 6.45) is -6.62. The highest BCUT2D eigenvalue weighted by molar-refractivity contribution is 5.75. The molecule has 2 unspecified atom stereocenters. The maximum Gasteiger partial charge on any atom is 0.395 e. The third-order valence-corrected chi connectivity index (χ3v) is 2.71. The normalized spacial score (nSPS) is 14.0. The van der Waals surface area contributed by atoms with Crippen LogP contribution >= 0.6 is 0 Å². The molecule has 0 aliphatic heterocycles. The van der Waals surface area contributed by atoms with Gasteiger partial charge in [0.2, 0.25) is 17.9 Å². The number of carbonyl (C=O) groups is 1. The molecule has 0 bridgehead atoms. The van der Waals surface area contributed by atoms with Gasteiger partial charge in [-0.25, -0.2) is 4.79 Å². The van der Waals surface area contributed by atoms with E-state index in [4.69, 9.17) is 14.2 Å². The number of hydrogen-bond donors (Lipinski definition) is 0. The number of alkyl halides is 3. The van der Waals surface area contributed by atoms with E-state index in [2.05, 4.69) is 14.7 Å². The lowest BCUT2D eigenvalue weighted by atomic mass is 10.0. The molecule has 0 aliphatic rings.